The van der Waals surface area contributed by atoms with Crippen LogP contribution >= 0.6 is 7.26 Å². The third kappa shape index (κ3) is 51.7. The molecule has 0 aromatic carbocycles. The molecule has 0 aliphatic carbocycles. The molecule has 1 heteroatoms. The average molecular weight is 906 g/mol. The molecule has 0 saturated carbocycles. The summed E-state index contributed by atoms with van der Waals surface area (Å²) in [6.45, 7) is 9.35. The monoisotopic (exact) mass is 905 g/mol. The fourth-order valence-electron chi connectivity index (χ4n) is 11.2. The summed E-state index contributed by atoms with van der Waals surface area (Å²) < 4.78 is 0. The normalized spacial score (nSPS) is 12.3. The Bertz CT molecular complexity index is 699. The first-order valence-corrected chi connectivity index (χ1v) is 34.1. The van der Waals surface area contributed by atoms with Gasteiger partial charge in [0.1, 0.15) is 0 Å². The van der Waals surface area contributed by atoms with E-state index in [4.69, 9.17) is 0 Å². The van der Waals surface area contributed by atoms with E-state index >= 15 is 0 Å². The SMILES string of the molecule is CCCCCCCCCCCCCCCCC[PH](CCCCCCCCCCCCCCC)(CCCCCCCCCCCCCCC)CCCCCCCCCCCCCCC. The Balaban J connectivity index is 4.92. The van der Waals surface area contributed by atoms with Gasteiger partial charge in [0.15, 0.2) is 0 Å². The molecule has 0 unspecified atom stereocenters. The van der Waals surface area contributed by atoms with Crippen molar-refractivity contribution in [2.75, 3.05) is 24.6 Å². The first kappa shape index (κ1) is 63.4. The molecule has 63 heavy (non-hydrogen) atoms. The molecule has 0 aliphatic rings. The molecule has 0 aliphatic heterocycles. The zero-order valence-corrected chi connectivity index (χ0v) is 46.5. The molecular weight excluding hydrogens is 776 g/mol. The van der Waals surface area contributed by atoms with E-state index < -0.39 is 7.26 Å². The molecule has 0 spiro atoms. The maximum atomic E-state index is 2.34. The standard InChI is InChI=1S/C62H129P/c1-5-9-13-17-21-25-29-33-34-38-42-46-50-54-58-62-63(59-55-51-47-43-39-35-30-26-22-18-14-10-6-2,60-56-52-48-44-40-36-31-27-23-19-15-11-7-3)61-57-53-49-45-41-37-32-28-24-20-16-12-8-4/h63H,5-62H2,1-4H3. The predicted octanol–water partition coefficient (Wildman–Crippen LogP) is 23.9. The quantitative estimate of drug-likeness (QED) is 0.0421. The van der Waals surface area contributed by atoms with Crippen LogP contribution in [0.4, 0.5) is 0 Å². The Morgan fingerprint density at radius 2 is 0.222 bits per heavy atom. The van der Waals surface area contributed by atoms with Crippen LogP contribution in [-0.4, -0.2) is 24.6 Å². The molecule has 0 radical (unpaired) electrons. The predicted molar refractivity (Wildman–Crippen MR) is 300 cm³/mol. The molecule has 0 heterocycles. The second-order valence-corrected chi connectivity index (χ2v) is 27.2. The van der Waals surface area contributed by atoms with Crippen molar-refractivity contribution in [3.8, 4) is 0 Å². The van der Waals surface area contributed by atoms with Crippen LogP contribution in [0.1, 0.15) is 374 Å². The number of unbranched alkanes of at least 4 members (excludes halogenated alkanes) is 50. The van der Waals surface area contributed by atoms with Gasteiger partial charge in [0, 0.05) is 0 Å². The maximum absolute atomic E-state index is 2.34. The van der Waals surface area contributed by atoms with Crippen molar-refractivity contribution < 1.29 is 0 Å². The van der Waals surface area contributed by atoms with E-state index in [1.165, 1.54) is 295 Å². The summed E-state index contributed by atoms with van der Waals surface area (Å²) in [5.41, 5.74) is 0. The summed E-state index contributed by atoms with van der Waals surface area (Å²) in [6, 6.07) is 0. The van der Waals surface area contributed by atoms with Gasteiger partial charge in [-0.1, -0.05) is 91.9 Å². The summed E-state index contributed by atoms with van der Waals surface area (Å²) in [5, 5.41) is 0. The van der Waals surface area contributed by atoms with Gasteiger partial charge in [0.05, 0.1) is 0 Å². The molecular formula is C62H129P. The summed E-state index contributed by atoms with van der Waals surface area (Å²) >= 11 is 0. The summed E-state index contributed by atoms with van der Waals surface area (Å²) in [4.78, 5) is 0. The molecule has 0 saturated heterocycles. The van der Waals surface area contributed by atoms with Crippen LogP contribution in [0.25, 0.3) is 0 Å². The molecule has 0 bridgehead atoms. The van der Waals surface area contributed by atoms with Crippen molar-refractivity contribution in [1.82, 2.24) is 0 Å². The molecule has 0 nitrogen and oxygen atoms in total. The molecule has 0 N–H and O–H groups in total. The minimum atomic E-state index is -1.20. The molecule has 0 fully saturated rings. The summed E-state index contributed by atoms with van der Waals surface area (Å²) in [5.74, 6) is 0. The summed E-state index contributed by atoms with van der Waals surface area (Å²) in [6.07, 6.45) is 87.5. The number of hydrogen-bond donors (Lipinski definition) is 0. The van der Waals surface area contributed by atoms with Crippen molar-refractivity contribution in [2.45, 2.75) is 374 Å². The van der Waals surface area contributed by atoms with Gasteiger partial charge in [0.2, 0.25) is 0 Å². The number of rotatable bonds is 58. The van der Waals surface area contributed by atoms with Gasteiger partial charge >= 0.3 is 314 Å². The minimum Gasteiger partial charge on any atom is -0.0654 e. The van der Waals surface area contributed by atoms with Crippen molar-refractivity contribution in [3.63, 3.8) is 0 Å². The Hall–Kier alpha value is 0.430. The van der Waals surface area contributed by atoms with E-state index in [1.807, 2.05) is 0 Å². The van der Waals surface area contributed by atoms with E-state index in [2.05, 4.69) is 27.7 Å². The van der Waals surface area contributed by atoms with E-state index in [9.17, 15) is 0 Å². The zero-order chi connectivity index (χ0) is 45.5. The Labute approximate surface area is 404 Å². The van der Waals surface area contributed by atoms with Gasteiger partial charge in [-0.25, -0.2) is 0 Å². The molecule has 0 aromatic heterocycles. The van der Waals surface area contributed by atoms with E-state index in [0.29, 0.717) is 0 Å². The van der Waals surface area contributed by atoms with Gasteiger partial charge in [-0.2, -0.15) is 0 Å². The topological polar surface area (TPSA) is 0 Å². The van der Waals surface area contributed by atoms with Crippen molar-refractivity contribution in [2.24, 2.45) is 0 Å². The van der Waals surface area contributed by atoms with Crippen LogP contribution in [-0.2, 0) is 0 Å². The van der Waals surface area contributed by atoms with Crippen molar-refractivity contribution >= 4 is 7.26 Å². The van der Waals surface area contributed by atoms with Gasteiger partial charge in [-0.15, -0.1) is 0 Å². The Morgan fingerprint density at radius 3 is 0.333 bits per heavy atom. The molecule has 0 atom stereocenters. The fraction of sp³-hybridized carbons (Fsp3) is 1.00. The molecule has 0 rings (SSSR count). The van der Waals surface area contributed by atoms with E-state index in [-0.39, 0.29) is 0 Å². The van der Waals surface area contributed by atoms with E-state index in [0.717, 1.165) is 0 Å². The van der Waals surface area contributed by atoms with Gasteiger partial charge in [-0.3, -0.25) is 0 Å². The van der Waals surface area contributed by atoms with Crippen LogP contribution in [0.15, 0.2) is 0 Å². The molecule has 0 amide bonds. The third-order valence-corrected chi connectivity index (χ3v) is 21.4. The molecule has 0 aromatic rings. The second kappa shape index (κ2) is 56.8. The minimum absolute atomic E-state index is 1.20. The molecule has 382 valence electrons. The number of hydrogen-bond acceptors (Lipinski definition) is 0. The van der Waals surface area contributed by atoms with Crippen LogP contribution in [0, 0.1) is 0 Å². The first-order chi connectivity index (χ1) is 31.2. The van der Waals surface area contributed by atoms with Gasteiger partial charge < -0.3 is 0 Å². The second-order valence-electron chi connectivity index (χ2n) is 22.2. The zero-order valence-electron chi connectivity index (χ0n) is 45.5. The van der Waals surface area contributed by atoms with Crippen molar-refractivity contribution in [1.29, 1.82) is 0 Å². The smallest absolute Gasteiger partial charge is 0.0654 e. The fourth-order valence-corrected chi connectivity index (χ4v) is 16.7. The van der Waals surface area contributed by atoms with Crippen LogP contribution < -0.4 is 0 Å². The average Bonchev–Trinajstić information content (AvgIpc) is 3.29. The first-order valence-electron chi connectivity index (χ1n) is 31.2. The van der Waals surface area contributed by atoms with E-state index in [1.54, 1.807) is 76.0 Å². The van der Waals surface area contributed by atoms with Crippen LogP contribution in [0.2, 0.25) is 0 Å². The Kier molecular flexibility index (Phi) is 57.1. The van der Waals surface area contributed by atoms with Crippen molar-refractivity contribution in [3.05, 3.63) is 0 Å². The van der Waals surface area contributed by atoms with Gasteiger partial charge in [0.25, 0.3) is 0 Å². The summed E-state index contributed by atoms with van der Waals surface area (Å²) in [7, 11) is -1.20. The van der Waals surface area contributed by atoms with Gasteiger partial charge in [-0.05, 0) is 0 Å². The van der Waals surface area contributed by atoms with Crippen LogP contribution in [0.3, 0.4) is 0 Å². The third-order valence-electron chi connectivity index (χ3n) is 15.7. The van der Waals surface area contributed by atoms with Crippen LogP contribution in [0.5, 0.6) is 0 Å². The Morgan fingerprint density at radius 1 is 0.127 bits per heavy atom.